The van der Waals surface area contributed by atoms with Crippen molar-refractivity contribution >= 4 is 40.5 Å². The molecule has 28 heavy (non-hydrogen) atoms. The number of carbonyl (C=O) groups is 5. The van der Waals surface area contributed by atoms with Gasteiger partial charge in [-0.25, -0.2) is 0 Å². The summed E-state index contributed by atoms with van der Waals surface area (Å²) in [6, 6.07) is -1.33. The minimum Gasteiger partial charge on any atom is -0.344 e. The molecule has 1 heterocycles. The van der Waals surface area contributed by atoms with E-state index in [1.54, 1.807) is 13.2 Å². The largest absolute Gasteiger partial charge is 0.344 e. The van der Waals surface area contributed by atoms with Gasteiger partial charge in [0.2, 0.25) is 16.9 Å². The molecule has 0 aromatic carbocycles. The lowest BCUT2D eigenvalue weighted by molar-refractivity contribution is -0.137. The summed E-state index contributed by atoms with van der Waals surface area (Å²) in [5, 5.41) is 5.21. The minimum absolute atomic E-state index is 0.125. The van der Waals surface area contributed by atoms with Gasteiger partial charge in [0, 0.05) is 25.1 Å². The van der Waals surface area contributed by atoms with Crippen molar-refractivity contribution in [1.82, 2.24) is 15.5 Å². The van der Waals surface area contributed by atoms with Gasteiger partial charge in [0.25, 0.3) is 11.8 Å². The standard InChI is InChI=1S/C19H29N3O5S/c1-12(2)17(18(26)20-13(3)19(27)28-4)21-14(23)8-6-5-7-11-22-15(24)9-10-16(22)25/h9-10,12-13,17H,5-8,11H2,1-4H3,(H,20,26)(H,21,23)/t13-,17-/m0/s1. The summed E-state index contributed by atoms with van der Waals surface area (Å²) in [5.74, 6) is -1.35. The normalized spacial score (nSPS) is 15.7. The summed E-state index contributed by atoms with van der Waals surface area (Å²) in [4.78, 5) is 60.2. The number of nitrogens with one attached hydrogen (secondary N) is 2. The quantitative estimate of drug-likeness (QED) is 0.388. The van der Waals surface area contributed by atoms with Crippen molar-refractivity contribution in [2.45, 2.75) is 58.5 Å². The highest BCUT2D eigenvalue weighted by Gasteiger charge is 2.26. The maximum absolute atomic E-state index is 12.4. The number of nitrogens with zero attached hydrogens (tertiary/aromatic N) is 1. The van der Waals surface area contributed by atoms with Crippen molar-refractivity contribution < 1.29 is 24.0 Å². The molecule has 0 aromatic rings. The van der Waals surface area contributed by atoms with Gasteiger partial charge in [-0.1, -0.05) is 32.0 Å². The van der Waals surface area contributed by atoms with Crippen LogP contribution in [0.3, 0.4) is 0 Å². The molecule has 0 saturated carbocycles. The van der Waals surface area contributed by atoms with Crippen LogP contribution < -0.4 is 10.6 Å². The van der Waals surface area contributed by atoms with E-state index in [0.29, 0.717) is 25.8 Å². The molecule has 1 aliphatic heterocycles. The topological polar surface area (TPSA) is 113 Å². The summed E-state index contributed by atoms with van der Waals surface area (Å²) in [7, 11) is 0. The van der Waals surface area contributed by atoms with Crippen molar-refractivity contribution in [3.8, 4) is 0 Å². The molecule has 0 spiro atoms. The molecule has 0 aliphatic carbocycles. The van der Waals surface area contributed by atoms with E-state index in [-0.39, 0.29) is 41.1 Å². The molecular weight excluding hydrogens is 382 g/mol. The number of carbonyl (C=O) groups excluding carboxylic acids is 5. The SMILES string of the molecule is CSC(=O)[C@H](C)NC(=O)[C@@H](NC(=O)CCCCCN1C(=O)C=CC1=O)C(C)C. The smallest absolute Gasteiger partial charge is 0.253 e. The fourth-order valence-electron chi connectivity index (χ4n) is 2.70. The van der Waals surface area contributed by atoms with Gasteiger partial charge in [-0.15, -0.1) is 0 Å². The second-order valence-corrected chi connectivity index (χ2v) is 7.83. The van der Waals surface area contributed by atoms with Crippen molar-refractivity contribution in [3.05, 3.63) is 12.2 Å². The van der Waals surface area contributed by atoms with Gasteiger partial charge >= 0.3 is 0 Å². The lowest BCUT2D eigenvalue weighted by atomic mass is 10.0. The Hall–Kier alpha value is -2.16. The molecule has 8 nitrogen and oxygen atoms in total. The van der Waals surface area contributed by atoms with E-state index in [0.717, 1.165) is 11.8 Å². The fraction of sp³-hybridized carbons (Fsp3) is 0.632. The minimum atomic E-state index is -0.712. The number of amides is 4. The molecule has 4 amide bonds. The highest BCUT2D eigenvalue weighted by molar-refractivity contribution is 8.13. The van der Waals surface area contributed by atoms with E-state index in [4.69, 9.17) is 0 Å². The first-order valence-corrected chi connectivity index (χ1v) is 10.6. The number of hydrogen-bond donors (Lipinski definition) is 2. The zero-order valence-corrected chi connectivity index (χ0v) is 17.6. The van der Waals surface area contributed by atoms with E-state index in [1.807, 2.05) is 13.8 Å². The first-order valence-electron chi connectivity index (χ1n) is 9.38. The van der Waals surface area contributed by atoms with Crippen molar-refractivity contribution in [3.63, 3.8) is 0 Å². The van der Waals surface area contributed by atoms with E-state index in [2.05, 4.69) is 10.6 Å². The average molecular weight is 412 g/mol. The molecule has 9 heteroatoms. The van der Waals surface area contributed by atoms with Crippen LogP contribution in [0.1, 0.15) is 46.5 Å². The number of imide groups is 1. The Balaban J connectivity index is 2.35. The first-order chi connectivity index (χ1) is 13.2. The van der Waals surface area contributed by atoms with Crippen LogP contribution in [0.5, 0.6) is 0 Å². The van der Waals surface area contributed by atoms with Crippen molar-refractivity contribution in [1.29, 1.82) is 0 Å². The summed E-state index contributed by atoms with van der Waals surface area (Å²) >= 11 is 1.04. The molecule has 0 fully saturated rings. The summed E-state index contributed by atoms with van der Waals surface area (Å²) in [6.07, 6.45) is 6.29. The maximum Gasteiger partial charge on any atom is 0.253 e. The Bertz CT molecular complexity index is 629. The van der Waals surface area contributed by atoms with Crippen LogP contribution in [-0.4, -0.2) is 58.5 Å². The van der Waals surface area contributed by atoms with Crippen LogP contribution in [0, 0.1) is 5.92 Å². The molecule has 1 rings (SSSR count). The Labute approximate surface area is 169 Å². The second kappa shape index (κ2) is 11.6. The van der Waals surface area contributed by atoms with E-state index in [1.165, 1.54) is 17.1 Å². The molecular formula is C19H29N3O5S. The lowest BCUT2D eigenvalue weighted by Gasteiger charge is -2.23. The predicted molar refractivity (Wildman–Crippen MR) is 107 cm³/mol. The third-order valence-electron chi connectivity index (χ3n) is 4.37. The molecule has 0 radical (unpaired) electrons. The third-order valence-corrected chi connectivity index (χ3v) is 5.12. The summed E-state index contributed by atoms with van der Waals surface area (Å²) < 4.78 is 0. The Kier molecular flexibility index (Phi) is 9.92. The highest BCUT2D eigenvalue weighted by atomic mass is 32.2. The van der Waals surface area contributed by atoms with Crippen LogP contribution in [0.2, 0.25) is 0 Å². The summed E-state index contributed by atoms with van der Waals surface area (Å²) in [5.41, 5.74) is 0. The van der Waals surface area contributed by atoms with Gasteiger partial charge in [-0.3, -0.25) is 28.9 Å². The van der Waals surface area contributed by atoms with Crippen molar-refractivity contribution in [2.75, 3.05) is 12.8 Å². The third kappa shape index (κ3) is 7.46. The summed E-state index contributed by atoms with van der Waals surface area (Å²) in [6.45, 7) is 5.60. The molecule has 0 saturated heterocycles. The van der Waals surface area contributed by atoms with Crippen LogP contribution in [0.4, 0.5) is 0 Å². The zero-order valence-electron chi connectivity index (χ0n) is 16.8. The van der Waals surface area contributed by atoms with E-state index < -0.39 is 12.1 Å². The molecule has 1 aliphatic rings. The molecule has 0 unspecified atom stereocenters. The Morgan fingerprint density at radius 3 is 2.14 bits per heavy atom. The van der Waals surface area contributed by atoms with Gasteiger partial charge in [0.15, 0.2) is 0 Å². The van der Waals surface area contributed by atoms with Crippen LogP contribution in [0.25, 0.3) is 0 Å². The fourth-order valence-corrected chi connectivity index (χ4v) is 3.12. The van der Waals surface area contributed by atoms with E-state index in [9.17, 15) is 24.0 Å². The maximum atomic E-state index is 12.4. The number of hydrogen-bond acceptors (Lipinski definition) is 6. The molecule has 0 bridgehead atoms. The average Bonchev–Trinajstić information content (AvgIpc) is 2.96. The van der Waals surface area contributed by atoms with Gasteiger partial charge in [0.05, 0.1) is 6.04 Å². The van der Waals surface area contributed by atoms with Crippen LogP contribution >= 0.6 is 11.8 Å². The molecule has 156 valence electrons. The van der Waals surface area contributed by atoms with Gasteiger partial charge < -0.3 is 10.6 Å². The lowest BCUT2D eigenvalue weighted by Crippen LogP contribution is -2.52. The number of unbranched alkanes of at least 4 members (excludes halogenated alkanes) is 2. The molecule has 0 aromatic heterocycles. The number of rotatable bonds is 11. The Morgan fingerprint density at radius 2 is 1.61 bits per heavy atom. The number of thioether (sulfide) groups is 1. The van der Waals surface area contributed by atoms with Crippen LogP contribution in [0.15, 0.2) is 12.2 Å². The monoisotopic (exact) mass is 411 g/mol. The van der Waals surface area contributed by atoms with Gasteiger partial charge in [-0.2, -0.15) is 0 Å². The van der Waals surface area contributed by atoms with Gasteiger partial charge in [0.1, 0.15) is 6.04 Å². The first kappa shape index (κ1) is 23.9. The Morgan fingerprint density at radius 1 is 1.00 bits per heavy atom. The highest BCUT2D eigenvalue weighted by Crippen LogP contribution is 2.09. The van der Waals surface area contributed by atoms with Gasteiger partial charge in [-0.05, 0) is 31.9 Å². The molecule has 2 atom stereocenters. The van der Waals surface area contributed by atoms with E-state index >= 15 is 0 Å². The second-order valence-electron chi connectivity index (χ2n) is 7.01. The van der Waals surface area contributed by atoms with Crippen molar-refractivity contribution in [2.24, 2.45) is 5.92 Å². The van der Waals surface area contributed by atoms with Crippen LogP contribution in [-0.2, 0) is 24.0 Å². The zero-order chi connectivity index (χ0) is 21.3. The molecule has 2 N–H and O–H groups in total. The predicted octanol–water partition coefficient (Wildman–Crippen LogP) is 1.01.